The van der Waals surface area contributed by atoms with E-state index in [2.05, 4.69) is 39.0 Å². The zero-order valence-corrected chi connectivity index (χ0v) is 15.8. The van der Waals surface area contributed by atoms with Gasteiger partial charge in [0.2, 0.25) is 11.8 Å². The second-order valence-electron chi connectivity index (χ2n) is 6.18. The summed E-state index contributed by atoms with van der Waals surface area (Å²) in [7, 11) is 1.59. The van der Waals surface area contributed by atoms with Gasteiger partial charge >= 0.3 is 0 Å². The minimum atomic E-state index is -0.219. The predicted molar refractivity (Wildman–Crippen MR) is 99.2 cm³/mol. The molecule has 2 aromatic rings. The summed E-state index contributed by atoms with van der Waals surface area (Å²) in [6.07, 6.45) is 1.55. The average Bonchev–Trinajstić information content (AvgIpc) is 3.13. The SMILES string of the molecule is COC(C)c1noc(CCC(=O)NCC2NCCc3ccccc32)n1.Cl. The number of ether oxygens (including phenoxy) is 1. The number of methoxy groups -OCH3 is 1. The van der Waals surface area contributed by atoms with Crippen LogP contribution in [0.4, 0.5) is 0 Å². The number of hydrogen-bond acceptors (Lipinski definition) is 6. The highest BCUT2D eigenvalue weighted by molar-refractivity contribution is 5.85. The number of hydrogen-bond donors (Lipinski definition) is 2. The van der Waals surface area contributed by atoms with Crippen molar-refractivity contribution in [1.82, 2.24) is 20.8 Å². The van der Waals surface area contributed by atoms with Gasteiger partial charge in [-0.3, -0.25) is 4.79 Å². The van der Waals surface area contributed by atoms with Crippen molar-refractivity contribution in [2.45, 2.75) is 38.3 Å². The van der Waals surface area contributed by atoms with E-state index in [9.17, 15) is 4.79 Å². The lowest BCUT2D eigenvalue weighted by Gasteiger charge is -2.27. The summed E-state index contributed by atoms with van der Waals surface area (Å²) in [6.45, 7) is 3.35. The van der Waals surface area contributed by atoms with Gasteiger partial charge in [-0.05, 0) is 31.0 Å². The molecular formula is C18H25ClN4O3. The average molecular weight is 381 g/mol. The van der Waals surface area contributed by atoms with E-state index in [1.165, 1.54) is 11.1 Å². The van der Waals surface area contributed by atoms with Gasteiger partial charge in [0.25, 0.3) is 0 Å². The van der Waals surface area contributed by atoms with Gasteiger partial charge < -0.3 is 19.9 Å². The molecule has 0 radical (unpaired) electrons. The first-order chi connectivity index (χ1) is 12.2. The Balaban J connectivity index is 0.00000243. The number of rotatable bonds is 7. The van der Waals surface area contributed by atoms with Gasteiger partial charge in [-0.25, -0.2) is 0 Å². The normalized spacial score (nSPS) is 17.1. The van der Waals surface area contributed by atoms with Crippen LogP contribution in [0, 0.1) is 0 Å². The Morgan fingerprint density at radius 3 is 3.08 bits per heavy atom. The lowest BCUT2D eigenvalue weighted by Crippen LogP contribution is -2.38. The third-order valence-corrected chi connectivity index (χ3v) is 4.49. The molecule has 1 amide bonds. The standard InChI is InChI=1S/C18H24N4O3.ClH/c1-12(24-2)18-21-17(25-22-18)8-7-16(23)20-11-15-14-6-4-3-5-13(14)9-10-19-15;/h3-6,12,15,19H,7-11H2,1-2H3,(H,20,23);1H. The molecule has 1 aliphatic rings. The number of amides is 1. The van der Waals surface area contributed by atoms with Crippen LogP contribution in [-0.4, -0.2) is 36.2 Å². The first-order valence-corrected chi connectivity index (χ1v) is 8.60. The van der Waals surface area contributed by atoms with Gasteiger partial charge in [0.1, 0.15) is 6.10 Å². The Labute approximate surface area is 159 Å². The van der Waals surface area contributed by atoms with E-state index in [1.807, 2.05) is 13.0 Å². The summed E-state index contributed by atoms with van der Waals surface area (Å²) in [6, 6.07) is 8.53. The van der Waals surface area contributed by atoms with E-state index in [-0.39, 0.29) is 30.5 Å². The second-order valence-corrected chi connectivity index (χ2v) is 6.18. The molecule has 1 aromatic heterocycles. The van der Waals surface area contributed by atoms with E-state index in [0.717, 1.165) is 13.0 Å². The van der Waals surface area contributed by atoms with Gasteiger partial charge in [-0.1, -0.05) is 29.4 Å². The van der Waals surface area contributed by atoms with Crippen LogP contribution in [0.3, 0.4) is 0 Å². The zero-order chi connectivity index (χ0) is 17.6. The molecule has 2 atom stereocenters. The number of nitrogens with zero attached hydrogens (tertiary/aromatic N) is 2. The van der Waals surface area contributed by atoms with Crippen molar-refractivity contribution < 1.29 is 14.1 Å². The van der Waals surface area contributed by atoms with Crippen molar-refractivity contribution in [3.8, 4) is 0 Å². The van der Waals surface area contributed by atoms with Crippen molar-refractivity contribution in [2.24, 2.45) is 0 Å². The molecule has 142 valence electrons. The lowest BCUT2D eigenvalue weighted by atomic mass is 9.94. The second kappa shape index (κ2) is 9.66. The Morgan fingerprint density at radius 1 is 1.46 bits per heavy atom. The minimum absolute atomic E-state index is 0. The highest BCUT2D eigenvalue weighted by Crippen LogP contribution is 2.21. The maximum absolute atomic E-state index is 12.1. The highest BCUT2D eigenvalue weighted by atomic mass is 35.5. The van der Waals surface area contributed by atoms with Gasteiger partial charge in [-0.2, -0.15) is 4.98 Å². The summed E-state index contributed by atoms with van der Waals surface area (Å²) in [5.74, 6) is 0.931. The van der Waals surface area contributed by atoms with Crippen LogP contribution in [0.15, 0.2) is 28.8 Å². The molecule has 0 spiro atoms. The molecule has 2 unspecified atom stereocenters. The van der Waals surface area contributed by atoms with Crippen molar-refractivity contribution in [1.29, 1.82) is 0 Å². The summed E-state index contributed by atoms with van der Waals surface area (Å²) in [4.78, 5) is 16.4. The quantitative estimate of drug-likeness (QED) is 0.764. The molecule has 8 heteroatoms. The maximum atomic E-state index is 12.1. The molecule has 0 fully saturated rings. The first-order valence-electron chi connectivity index (χ1n) is 8.60. The molecule has 7 nitrogen and oxygen atoms in total. The Hall–Kier alpha value is -1.96. The number of aryl methyl sites for hydroxylation is 1. The molecule has 0 bridgehead atoms. The van der Waals surface area contributed by atoms with Crippen molar-refractivity contribution in [3.63, 3.8) is 0 Å². The molecule has 2 N–H and O–H groups in total. The summed E-state index contributed by atoms with van der Waals surface area (Å²) in [5, 5.41) is 10.3. The number of carbonyl (C=O) groups is 1. The third kappa shape index (κ3) is 5.03. The molecule has 26 heavy (non-hydrogen) atoms. The van der Waals surface area contributed by atoms with Gasteiger partial charge in [0.05, 0.1) is 0 Å². The Kier molecular flexibility index (Phi) is 7.56. The number of nitrogens with one attached hydrogen (secondary N) is 2. The smallest absolute Gasteiger partial charge is 0.227 e. The van der Waals surface area contributed by atoms with Crippen molar-refractivity contribution >= 4 is 18.3 Å². The maximum Gasteiger partial charge on any atom is 0.227 e. The lowest BCUT2D eigenvalue weighted by molar-refractivity contribution is -0.121. The molecule has 0 saturated heterocycles. The summed E-state index contributed by atoms with van der Waals surface area (Å²) >= 11 is 0. The molecule has 1 aromatic carbocycles. The number of benzene rings is 1. The van der Waals surface area contributed by atoms with Crippen LogP contribution in [0.5, 0.6) is 0 Å². The van der Waals surface area contributed by atoms with Crippen LogP contribution >= 0.6 is 12.4 Å². The van der Waals surface area contributed by atoms with Crippen LogP contribution in [-0.2, 0) is 22.4 Å². The summed E-state index contributed by atoms with van der Waals surface area (Å²) in [5.41, 5.74) is 2.62. The fourth-order valence-corrected chi connectivity index (χ4v) is 2.94. The topological polar surface area (TPSA) is 89.3 Å². The number of fused-ring (bicyclic) bond motifs is 1. The molecule has 0 aliphatic carbocycles. The van der Waals surface area contributed by atoms with E-state index >= 15 is 0 Å². The zero-order valence-electron chi connectivity index (χ0n) is 15.0. The van der Waals surface area contributed by atoms with E-state index in [4.69, 9.17) is 9.26 Å². The molecule has 2 heterocycles. The van der Waals surface area contributed by atoms with Crippen molar-refractivity contribution in [3.05, 3.63) is 47.1 Å². The molecular weight excluding hydrogens is 356 g/mol. The summed E-state index contributed by atoms with van der Waals surface area (Å²) < 4.78 is 10.3. The first kappa shape index (κ1) is 20.4. The number of aromatic nitrogens is 2. The Bertz CT molecular complexity index is 722. The van der Waals surface area contributed by atoms with Crippen molar-refractivity contribution in [2.75, 3.05) is 20.2 Å². The van der Waals surface area contributed by atoms with Gasteiger partial charge in [0.15, 0.2) is 5.82 Å². The van der Waals surface area contributed by atoms with Crippen LogP contribution in [0.25, 0.3) is 0 Å². The van der Waals surface area contributed by atoms with E-state index < -0.39 is 0 Å². The molecule has 1 aliphatic heterocycles. The third-order valence-electron chi connectivity index (χ3n) is 4.49. The van der Waals surface area contributed by atoms with E-state index in [0.29, 0.717) is 31.1 Å². The number of halogens is 1. The monoisotopic (exact) mass is 380 g/mol. The number of carbonyl (C=O) groups excluding carboxylic acids is 1. The fourth-order valence-electron chi connectivity index (χ4n) is 2.94. The Morgan fingerprint density at radius 2 is 2.27 bits per heavy atom. The van der Waals surface area contributed by atoms with Gasteiger partial charge in [0, 0.05) is 32.5 Å². The molecule has 3 rings (SSSR count). The van der Waals surface area contributed by atoms with Crippen LogP contribution in [0.2, 0.25) is 0 Å². The highest BCUT2D eigenvalue weighted by Gasteiger charge is 2.20. The van der Waals surface area contributed by atoms with Crippen LogP contribution < -0.4 is 10.6 Å². The van der Waals surface area contributed by atoms with E-state index in [1.54, 1.807) is 7.11 Å². The van der Waals surface area contributed by atoms with Crippen LogP contribution in [0.1, 0.15) is 48.3 Å². The predicted octanol–water partition coefficient (Wildman–Crippen LogP) is 2.13. The molecule has 0 saturated carbocycles. The largest absolute Gasteiger partial charge is 0.374 e. The van der Waals surface area contributed by atoms with Gasteiger partial charge in [-0.15, -0.1) is 12.4 Å². The fraction of sp³-hybridized carbons (Fsp3) is 0.500. The minimum Gasteiger partial charge on any atom is -0.374 e.